The number of amides is 2. The van der Waals surface area contributed by atoms with Crippen molar-refractivity contribution in [1.29, 1.82) is 0 Å². The second-order valence-electron chi connectivity index (χ2n) is 7.74. The van der Waals surface area contributed by atoms with Gasteiger partial charge in [0.15, 0.2) is 0 Å². The third-order valence-electron chi connectivity index (χ3n) is 5.53. The smallest absolute Gasteiger partial charge is 0.263 e. The van der Waals surface area contributed by atoms with Crippen molar-refractivity contribution >= 4 is 34.6 Å². The molecule has 0 saturated heterocycles. The summed E-state index contributed by atoms with van der Waals surface area (Å²) in [6.07, 6.45) is 0.407. The van der Waals surface area contributed by atoms with Gasteiger partial charge in [-0.2, -0.15) is 10.2 Å². The van der Waals surface area contributed by atoms with Gasteiger partial charge in [0.1, 0.15) is 11.7 Å². The maximum Gasteiger partial charge on any atom is 0.263 e. The first-order valence-electron chi connectivity index (χ1n) is 10.0. The van der Waals surface area contributed by atoms with E-state index < -0.39 is 6.04 Å². The Balaban J connectivity index is 1.50. The van der Waals surface area contributed by atoms with Crippen molar-refractivity contribution in [2.24, 2.45) is 27.2 Å². The van der Waals surface area contributed by atoms with Crippen molar-refractivity contribution < 1.29 is 9.59 Å². The van der Waals surface area contributed by atoms with E-state index in [1.54, 1.807) is 24.3 Å². The van der Waals surface area contributed by atoms with Gasteiger partial charge in [0.05, 0.1) is 11.4 Å². The van der Waals surface area contributed by atoms with Crippen LogP contribution in [0.2, 0.25) is 0 Å². The van der Waals surface area contributed by atoms with E-state index in [-0.39, 0.29) is 23.7 Å². The quantitative estimate of drug-likeness (QED) is 0.646. The molecule has 9 nitrogen and oxygen atoms in total. The summed E-state index contributed by atoms with van der Waals surface area (Å²) < 4.78 is 0. The molecule has 2 aliphatic heterocycles. The van der Waals surface area contributed by atoms with E-state index in [9.17, 15) is 14.5 Å². The van der Waals surface area contributed by atoms with Crippen LogP contribution in [0.15, 0.2) is 63.9 Å². The summed E-state index contributed by atoms with van der Waals surface area (Å²) in [6, 6.07) is 13.8. The molecule has 0 radical (unpaired) electrons. The molecular formula is C22H22N6O3. The van der Waals surface area contributed by atoms with E-state index in [2.05, 4.69) is 31.5 Å². The maximum atomic E-state index is 12.5. The number of benzene rings is 2. The molecule has 9 heteroatoms. The Labute approximate surface area is 179 Å². The van der Waals surface area contributed by atoms with Gasteiger partial charge in [-0.15, -0.1) is 4.91 Å². The lowest BCUT2D eigenvalue weighted by atomic mass is 9.89. The number of nitroso groups, excluding NO2 is 1. The fourth-order valence-corrected chi connectivity index (χ4v) is 3.80. The molecule has 3 unspecified atom stereocenters. The van der Waals surface area contributed by atoms with Crippen LogP contribution in [-0.2, 0) is 9.59 Å². The van der Waals surface area contributed by atoms with Gasteiger partial charge in [-0.05, 0) is 40.6 Å². The van der Waals surface area contributed by atoms with Crippen LogP contribution in [0.1, 0.15) is 31.4 Å². The summed E-state index contributed by atoms with van der Waals surface area (Å²) in [6.45, 7) is 3.90. The summed E-state index contributed by atoms with van der Waals surface area (Å²) in [4.78, 5) is 34.6. The van der Waals surface area contributed by atoms with E-state index in [0.717, 1.165) is 22.5 Å². The number of nitrogens with zero attached hydrogens (tertiary/aromatic N) is 3. The molecule has 2 amide bonds. The van der Waals surface area contributed by atoms with Crippen LogP contribution < -0.4 is 16.2 Å². The third-order valence-corrected chi connectivity index (χ3v) is 5.53. The Morgan fingerprint density at radius 3 is 2.16 bits per heavy atom. The van der Waals surface area contributed by atoms with Crippen molar-refractivity contribution in [3.63, 3.8) is 0 Å². The van der Waals surface area contributed by atoms with E-state index in [0.29, 0.717) is 17.8 Å². The first-order chi connectivity index (χ1) is 15.0. The highest BCUT2D eigenvalue weighted by Gasteiger charge is 2.33. The summed E-state index contributed by atoms with van der Waals surface area (Å²) in [5, 5.41) is 14.6. The Morgan fingerprint density at radius 2 is 1.52 bits per heavy atom. The number of hydrogen-bond donors (Lipinski definition) is 3. The molecule has 3 atom stereocenters. The topological polar surface area (TPSA) is 124 Å². The van der Waals surface area contributed by atoms with Gasteiger partial charge in [0, 0.05) is 23.9 Å². The van der Waals surface area contributed by atoms with Gasteiger partial charge < -0.3 is 5.32 Å². The minimum atomic E-state index is -0.521. The molecule has 2 aliphatic rings. The molecule has 2 aromatic carbocycles. The summed E-state index contributed by atoms with van der Waals surface area (Å²) >= 11 is 0. The number of hydrogen-bond acceptors (Lipinski definition) is 7. The molecule has 0 spiro atoms. The molecule has 0 aliphatic carbocycles. The van der Waals surface area contributed by atoms with Crippen LogP contribution in [0.5, 0.6) is 0 Å². The van der Waals surface area contributed by atoms with Crippen LogP contribution >= 0.6 is 0 Å². The molecule has 158 valence electrons. The fraction of sp³-hybridized carbons (Fsp3) is 0.273. The predicted octanol–water partition coefficient (Wildman–Crippen LogP) is 2.90. The highest BCUT2D eigenvalue weighted by Crippen LogP contribution is 2.24. The van der Waals surface area contributed by atoms with Gasteiger partial charge in [0.25, 0.3) is 5.91 Å². The van der Waals surface area contributed by atoms with Crippen LogP contribution in [0.4, 0.5) is 11.4 Å². The minimum Gasteiger partial charge on any atom is -0.373 e. The van der Waals surface area contributed by atoms with Gasteiger partial charge in [-0.3, -0.25) is 9.59 Å². The molecule has 3 N–H and O–H groups in total. The van der Waals surface area contributed by atoms with Crippen molar-refractivity contribution in [2.45, 2.75) is 26.3 Å². The van der Waals surface area contributed by atoms with E-state index in [1.165, 1.54) is 0 Å². The molecule has 0 fully saturated rings. The second kappa shape index (κ2) is 8.47. The lowest BCUT2D eigenvalue weighted by molar-refractivity contribution is -0.123. The van der Waals surface area contributed by atoms with Crippen LogP contribution in [0, 0.1) is 16.7 Å². The molecule has 2 heterocycles. The Kier molecular flexibility index (Phi) is 5.57. The third kappa shape index (κ3) is 4.20. The van der Waals surface area contributed by atoms with Gasteiger partial charge in [-0.1, -0.05) is 38.1 Å². The Hall–Kier alpha value is -3.88. The largest absolute Gasteiger partial charge is 0.373 e. The van der Waals surface area contributed by atoms with Crippen molar-refractivity contribution in [3.8, 4) is 0 Å². The Morgan fingerprint density at radius 1 is 0.903 bits per heavy atom. The summed E-state index contributed by atoms with van der Waals surface area (Å²) in [5.74, 6) is -0.474. The van der Waals surface area contributed by atoms with E-state index >= 15 is 0 Å². The summed E-state index contributed by atoms with van der Waals surface area (Å²) in [7, 11) is 0. The highest BCUT2D eigenvalue weighted by atomic mass is 16.3. The predicted molar refractivity (Wildman–Crippen MR) is 118 cm³/mol. The normalized spacial score (nSPS) is 23.2. The SMILES string of the molecule is CC1CC(=O)NN=C1c1ccc(NC2C(=O)NN=C(c3ccc(N=O)cc3)C2C)cc1. The zero-order chi connectivity index (χ0) is 22.0. The average Bonchev–Trinajstić information content (AvgIpc) is 2.77. The lowest BCUT2D eigenvalue weighted by Crippen LogP contribution is -2.49. The van der Waals surface area contributed by atoms with Crippen LogP contribution in [-0.4, -0.2) is 29.3 Å². The number of nitrogens with one attached hydrogen (secondary N) is 3. The van der Waals surface area contributed by atoms with Crippen LogP contribution in [0.3, 0.4) is 0 Å². The number of rotatable bonds is 5. The van der Waals surface area contributed by atoms with Gasteiger partial charge >= 0.3 is 0 Å². The zero-order valence-corrected chi connectivity index (χ0v) is 17.1. The van der Waals surface area contributed by atoms with Crippen molar-refractivity contribution in [2.75, 3.05) is 5.32 Å². The molecule has 0 saturated carbocycles. The van der Waals surface area contributed by atoms with Gasteiger partial charge in [0.2, 0.25) is 5.91 Å². The maximum absolute atomic E-state index is 12.5. The molecule has 2 aromatic rings. The lowest BCUT2D eigenvalue weighted by Gasteiger charge is -2.29. The standard InChI is InChI=1S/C22H22N6O3/c1-12-11-18(29)24-25-19(12)14-3-7-16(8-4-14)23-21-13(2)20(26-27-22(21)30)15-5-9-17(28-31)10-6-15/h3-10,12-13,21,23H,11H2,1-2H3,(H,24,29)(H,27,30). The first kappa shape index (κ1) is 20.4. The number of carbonyl (C=O) groups is 2. The second-order valence-corrected chi connectivity index (χ2v) is 7.74. The molecule has 0 aromatic heterocycles. The fourth-order valence-electron chi connectivity index (χ4n) is 3.80. The van der Waals surface area contributed by atoms with Crippen molar-refractivity contribution in [1.82, 2.24) is 10.9 Å². The molecule has 4 rings (SSSR count). The van der Waals surface area contributed by atoms with E-state index in [1.807, 2.05) is 38.1 Å². The molecule has 0 bridgehead atoms. The van der Waals surface area contributed by atoms with E-state index in [4.69, 9.17) is 0 Å². The van der Waals surface area contributed by atoms with Crippen molar-refractivity contribution in [3.05, 3.63) is 64.6 Å². The average molecular weight is 418 g/mol. The van der Waals surface area contributed by atoms with Gasteiger partial charge in [-0.25, -0.2) is 10.9 Å². The first-order valence-corrected chi connectivity index (χ1v) is 10.0. The Bertz CT molecular complexity index is 1080. The molecular weight excluding hydrogens is 396 g/mol. The number of anilines is 1. The summed E-state index contributed by atoms with van der Waals surface area (Å²) in [5.41, 5.74) is 9.50. The van der Waals surface area contributed by atoms with Crippen LogP contribution in [0.25, 0.3) is 0 Å². The minimum absolute atomic E-state index is 0.0382. The monoisotopic (exact) mass is 418 g/mol. The number of carbonyl (C=O) groups excluding carboxylic acids is 2. The highest BCUT2D eigenvalue weighted by molar-refractivity contribution is 6.08. The number of hydrazone groups is 2. The molecule has 31 heavy (non-hydrogen) atoms. The zero-order valence-electron chi connectivity index (χ0n) is 17.1.